The molecule has 2 aromatic carbocycles. The molecule has 0 bridgehead atoms. The molecule has 0 saturated heterocycles. The number of alkyl carbamates (subject to hydrolysis) is 1. The molecule has 0 aliphatic carbocycles. The van der Waals surface area contributed by atoms with Gasteiger partial charge in [0, 0.05) is 5.56 Å². The first-order chi connectivity index (χ1) is 11.1. The van der Waals surface area contributed by atoms with Gasteiger partial charge in [0.05, 0.1) is 17.7 Å². The summed E-state index contributed by atoms with van der Waals surface area (Å²) >= 11 is 0. The van der Waals surface area contributed by atoms with Crippen molar-refractivity contribution in [2.75, 3.05) is 0 Å². The zero-order valence-electron chi connectivity index (χ0n) is 12.7. The van der Waals surface area contributed by atoms with Gasteiger partial charge in [-0.2, -0.15) is 5.26 Å². The van der Waals surface area contributed by atoms with Crippen LogP contribution in [0.2, 0.25) is 0 Å². The second-order valence-corrected chi connectivity index (χ2v) is 4.98. The summed E-state index contributed by atoms with van der Waals surface area (Å²) in [6, 6.07) is 16.8. The van der Waals surface area contributed by atoms with E-state index in [0.29, 0.717) is 11.1 Å². The lowest BCUT2D eigenvalue weighted by atomic mass is 10.0. The van der Waals surface area contributed by atoms with Crippen molar-refractivity contribution in [1.29, 1.82) is 5.26 Å². The fraction of sp³-hybridized carbons (Fsp3) is 0.167. The number of nitrogens with one attached hydrogen (secondary N) is 1. The van der Waals surface area contributed by atoms with Crippen molar-refractivity contribution in [2.24, 2.45) is 0 Å². The van der Waals surface area contributed by atoms with Crippen LogP contribution in [0, 0.1) is 11.3 Å². The van der Waals surface area contributed by atoms with E-state index >= 15 is 0 Å². The van der Waals surface area contributed by atoms with Crippen molar-refractivity contribution in [2.45, 2.75) is 19.6 Å². The van der Waals surface area contributed by atoms with Crippen LogP contribution in [0.5, 0.6) is 0 Å². The monoisotopic (exact) mass is 308 g/mol. The summed E-state index contributed by atoms with van der Waals surface area (Å²) in [6.45, 7) is 1.73. The fourth-order valence-electron chi connectivity index (χ4n) is 1.97. The molecule has 2 rings (SSSR count). The molecular formula is C18H16N2O3. The Labute approximate surface area is 134 Å². The Bertz CT molecular complexity index is 718. The van der Waals surface area contributed by atoms with Gasteiger partial charge in [-0.1, -0.05) is 42.5 Å². The van der Waals surface area contributed by atoms with Gasteiger partial charge in [-0.3, -0.25) is 4.79 Å². The number of Topliss-reactive ketones (excluding diaryl/α,β-unsaturated/α-hetero) is 1. The first-order valence-electron chi connectivity index (χ1n) is 7.11. The number of nitriles is 1. The average molecular weight is 308 g/mol. The summed E-state index contributed by atoms with van der Waals surface area (Å²) in [5, 5.41) is 11.2. The smallest absolute Gasteiger partial charge is 0.408 e. The van der Waals surface area contributed by atoms with Crippen LogP contribution in [0.25, 0.3) is 0 Å². The van der Waals surface area contributed by atoms with E-state index < -0.39 is 12.1 Å². The minimum absolute atomic E-state index is 0.143. The van der Waals surface area contributed by atoms with E-state index in [-0.39, 0.29) is 12.4 Å². The van der Waals surface area contributed by atoms with Crippen molar-refractivity contribution in [1.82, 2.24) is 5.32 Å². The Hall–Kier alpha value is -3.13. The number of rotatable bonds is 5. The molecule has 5 heteroatoms. The number of amides is 1. The van der Waals surface area contributed by atoms with Gasteiger partial charge in [0.1, 0.15) is 6.61 Å². The topological polar surface area (TPSA) is 79.2 Å². The lowest BCUT2D eigenvalue weighted by Crippen LogP contribution is -2.38. The zero-order valence-corrected chi connectivity index (χ0v) is 12.7. The first-order valence-corrected chi connectivity index (χ1v) is 7.11. The number of hydrogen-bond acceptors (Lipinski definition) is 4. The minimum Gasteiger partial charge on any atom is -0.445 e. The van der Waals surface area contributed by atoms with E-state index in [4.69, 9.17) is 10.00 Å². The maximum atomic E-state index is 12.2. The summed E-state index contributed by atoms with van der Waals surface area (Å²) in [5.74, 6) is -0.244. The van der Waals surface area contributed by atoms with Crippen molar-refractivity contribution in [3.63, 3.8) is 0 Å². The van der Waals surface area contributed by atoms with E-state index in [0.717, 1.165) is 5.56 Å². The Morgan fingerprint density at radius 3 is 2.39 bits per heavy atom. The van der Waals surface area contributed by atoms with Gasteiger partial charge in [-0.25, -0.2) is 4.79 Å². The maximum absolute atomic E-state index is 12.2. The lowest BCUT2D eigenvalue weighted by molar-refractivity contribution is 0.0926. The average Bonchev–Trinajstić information content (AvgIpc) is 2.60. The minimum atomic E-state index is -0.716. The van der Waals surface area contributed by atoms with Crippen molar-refractivity contribution < 1.29 is 14.3 Å². The Kier molecular flexibility index (Phi) is 5.48. The molecule has 0 spiro atoms. The summed E-state index contributed by atoms with van der Waals surface area (Å²) in [4.78, 5) is 23.9. The third-order valence-corrected chi connectivity index (χ3v) is 3.24. The quantitative estimate of drug-likeness (QED) is 0.861. The Morgan fingerprint density at radius 2 is 1.78 bits per heavy atom. The fourth-order valence-corrected chi connectivity index (χ4v) is 1.97. The number of nitrogens with zero attached hydrogens (tertiary/aromatic N) is 1. The SMILES string of the molecule is CC(NC(=O)OCc1ccccc1)C(=O)c1ccc(C#N)cc1. The van der Waals surface area contributed by atoms with E-state index in [1.807, 2.05) is 36.4 Å². The number of benzene rings is 2. The third kappa shape index (κ3) is 4.68. The molecule has 23 heavy (non-hydrogen) atoms. The van der Waals surface area contributed by atoms with Crippen molar-refractivity contribution in [3.05, 3.63) is 71.3 Å². The normalized spacial score (nSPS) is 11.1. The number of carbonyl (C=O) groups is 2. The molecule has 1 atom stereocenters. The molecule has 1 unspecified atom stereocenters. The molecule has 0 radical (unpaired) electrons. The van der Waals surface area contributed by atoms with Crippen molar-refractivity contribution in [3.8, 4) is 6.07 Å². The van der Waals surface area contributed by atoms with Gasteiger partial charge in [-0.05, 0) is 24.6 Å². The molecule has 0 fully saturated rings. The highest BCUT2D eigenvalue weighted by Gasteiger charge is 2.18. The Morgan fingerprint density at radius 1 is 1.13 bits per heavy atom. The second-order valence-electron chi connectivity index (χ2n) is 4.98. The Balaban J connectivity index is 1.87. The van der Waals surface area contributed by atoms with Crippen LogP contribution in [0.1, 0.15) is 28.4 Å². The van der Waals surface area contributed by atoms with Crippen LogP contribution >= 0.6 is 0 Å². The molecule has 0 heterocycles. The van der Waals surface area contributed by atoms with E-state index in [9.17, 15) is 9.59 Å². The van der Waals surface area contributed by atoms with Crippen LogP contribution < -0.4 is 5.32 Å². The summed E-state index contributed by atoms with van der Waals surface area (Å²) in [6.07, 6.45) is -0.650. The van der Waals surface area contributed by atoms with E-state index in [1.165, 1.54) is 0 Å². The maximum Gasteiger partial charge on any atom is 0.408 e. The van der Waals surface area contributed by atoms with Gasteiger partial charge in [0.25, 0.3) is 0 Å². The largest absolute Gasteiger partial charge is 0.445 e. The summed E-state index contributed by atoms with van der Waals surface area (Å²) in [7, 11) is 0. The van der Waals surface area contributed by atoms with Gasteiger partial charge in [-0.15, -0.1) is 0 Å². The molecule has 0 aliphatic heterocycles. The molecule has 116 valence electrons. The lowest BCUT2D eigenvalue weighted by Gasteiger charge is -2.13. The van der Waals surface area contributed by atoms with Crippen LogP contribution in [-0.4, -0.2) is 17.9 Å². The van der Waals surface area contributed by atoms with Crippen molar-refractivity contribution >= 4 is 11.9 Å². The molecule has 0 aromatic heterocycles. The zero-order chi connectivity index (χ0) is 16.7. The molecule has 0 aliphatic rings. The predicted molar refractivity (Wildman–Crippen MR) is 84.7 cm³/mol. The molecule has 2 aromatic rings. The number of hydrogen-bond donors (Lipinski definition) is 1. The van der Waals surface area contributed by atoms with Crippen LogP contribution in [-0.2, 0) is 11.3 Å². The van der Waals surface area contributed by atoms with Crippen LogP contribution in [0.15, 0.2) is 54.6 Å². The second kappa shape index (κ2) is 7.76. The molecule has 5 nitrogen and oxygen atoms in total. The van der Waals surface area contributed by atoms with E-state index in [1.54, 1.807) is 31.2 Å². The van der Waals surface area contributed by atoms with Crippen LogP contribution in [0.4, 0.5) is 4.79 Å². The van der Waals surface area contributed by atoms with Gasteiger partial charge in [0.2, 0.25) is 0 Å². The standard InChI is InChI=1S/C18H16N2O3/c1-13(17(21)16-9-7-14(11-19)8-10-16)20-18(22)23-12-15-5-3-2-4-6-15/h2-10,13H,12H2,1H3,(H,20,22). The molecule has 1 amide bonds. The highest BCUT2D eigenvalue weighted by Crippen LogP contribution is 2.07. The highest BCUT2D eigenvalue weighted by atomic mass is 16.5. The van der Waals surface area contributed by atoms with Gasteiger partial charge in [0.15, 0.2) is 5.78 Å². The van der Waals surface area contributed by atoms with E-state index in [2.05, 4.69) is 5.32 Å². The third-order valence-electron chi connectivity index (χ3n) is 3.24. The number of ketones is 1. The molecular weight excluding hydrogens is 292 g/mol. The predicted octanol–water partition coefficient (Wildman–Crippen LogP) is 3.06. The first kappa shape index (κ1) is 16.2. The number of ether oxygens (including phenoxy) is 1. The van der Waals surface area contributed by atoms with Crippen LogP contribution in [0.3, 0.4) is 0 Å². The molecule has 1 N–H and O–H groups in total. The summed E-state index contributed by atoms with van der Waals surface area (Å²) < 4.78 is 5.08. The van der Waals surface area contributed by atoms with Gasteiger partial charge >= 0.3 is 6.09 Å². The highest BCUT2D eigenvalue weighted by molar-refractivity contribution is 6.01. The summed E-state index contributed by atoms with van der Waals surface area (Å²) in [5.41, 5.74) is 1.78. The number of carbonyl (C=O) groups excluding carboxylic acids is 2. The molecule has 0 saturated carbocycles. The van der Waals surface area contributed by atoms with Gasteiger partial charge < -0.3 is 10.1 Å².